The highest BCUT2D eigenvalue weighted by molar-refractivity contribution is 7.17. The summed E-state index contributed by atoms with van der Waals surface area (Å²) in [6.07, 6.45) is 2.59. The van der Waals surface area contributed by atoms with Crippen molar-refractivity contribution in [3.8, 4) is 0 Å². The van der Waals surface area contributed by atoms with E-state index in [-0.39, 0.29) is 6.04 Å². The van der Waals surface area contributed by atoms with Gasteiger partial charge in [0, 0.05) is 21.8 Å². The summed E-state index contributed by atoms with van der Waals surface area (Å²) in [5, 5.41) is 10.8. The summed E-state index contributed by atoms with van der Waals surface area (Å²) in [4.78, 5) is 4.72. The molecule has 0 spiro atoms. The Balaban J connectivity index is 1.80. The molecule has 0 amide bonds. The molecule has 1 atom stereocenters. The summed E-state index contributed by atoms with van der Waals surface area (Å²) in [6, 6.07) is 9.58. The molecule has 20 heavy (non-hydrogen) atoms. The number of rotatable bonds is 4. The molecule has 0 aliphatic heterocycles. The summed E-state index contributed by atoms with van der Waals surface area (Å²) in [5.41, 5.74) is 2.50. The topological polar surface area (TPSA) is 24.9 Å². The highest BCUT2D eigenvalue weighted by Gasteiger charge is 2.29. The third-order valence-electron chi connectivity index (χ3n) is 3.69. The fourth-order valence-electron chi connectivity index (χ4n) is 2.51. The predicted octanol–water partition coefficient (Wildman–Crippen LogP) is 4.51. The minimum absolute atomic E-state index is 0.248. The largest absolute Gasteiger partial charge is 0.301 e. The van der Waals surface area contributed by atoms with E-state index in [9.17, 15) is 0 Å². The number of aromatic nitrogens is 1. The molecule has 2 heterocycles. The van der Waals surface area contributed by atoms with E-state index in [1.54, 1.807) is 11.3 Å². The zero-order chi connectivity index (χ0) is 13.5. The minimum atomic E-state index is 0.248. The van der Waals surface area contributed by atoms with Crippen LogP contribution in [0, 0.1) is 6.92 Å². The summed E-state index contributed by atoms with van der Waals surface area (Å²) < 4.78 is 1.36. The van der Waals surface area contributed by atoms with Gasteiger partial charge in [0.25, 0.3) is 0 Å². The number of aryl methyl sites for hydroxylation is 1. The van der Waals surface area contributed by atoms with Crippen LogP contribution in [-0.4, -0.2) is 11.0 Å². The van der Waals surface area contributed by atoms with Crippen LogP contribution in [-0.2, 0) is 0 Å². The van der Waals surface area contributed by atoms with Crippen LogP contribution < -0.4 is 5.32 Å². The summed E-state index contributed by atoms with van der Waals surface area (Å²) in [6.45, 7) is 2.07. The number of fused-ring (bicyclic) bond motifs is 1. The summed E-state index contributed by atoms with van der Waals surface area (Å²) in [5.74, 6) is 0. The molecule has 1 unspecified atom stereocenters. The lowest BCUT2D eigenvalue weighted by molar-refractivity contribution is 0.602. The first-order valence-corrected chi connectivity index (χ1v) is 8.71. The van der Waals surface area contributed by atoms with Gasteiger partial charge in [0.05, 0.1) is 6.04 Å². The van der Waals surface area contributed by atoms with E-state index in [2.05, 4.69) is 47.3 Å². The zero-order valence-corrected chi connectivity index (χ0v) is 12.9. The number of nitrogens with one attached hydrogen (secondary N) is 1. The molecule has 3 aromatic rings. The normalized spacial score (nSPS) is 16.6. The molecule has 1 aliphatic carbocycles. The smallest absolute Gasteiger partial charge is 0.114 e. The van der Waals surface area contributed by atoms with Crippen molar-refractivity contribution in [1.82, 2.24) is 10.3 Å². The lowest BCUT2D eigenvalue weighted by atomic mass is 10.1. The van der Waals surface area contributed by atoms with E-state index in [1.165, 1.54) is 33.5 Å². The molecule has 0 radical (unpaired) electrons. The Bertz CT molecular complexity index is 740. The van der Waals surface area contributed by atoms with Crippen molar-refractivity contribution in [2.45, 2.75) is 31.8 Å². The average molecular weight is 300 g/mol. The monoisotopic (exact) mass is 300 g/mol. The van der Waals surface area contributed by atoms with Gasteiger partial charge in [-0.15, -0.1) is 22.7 Å². The van der Waals surface area contributed by atoms with Gasteiger partial charge in [-0.1, -0.05) is 18.2 Å². The van der Waals surface area contributed by atoms with Crippen molar-refractivity contribution in [2.24, 2.45) is 0 Å². The Morgan fingerprint density at radius 1 is 1.20 bits per heavy atom. The van der Waals surface area contributed by atoms with Gasteiger partial charge in [0.1, 0.15) is 5.01 Å². The summed E-state index contributed by atoms with van der Waals surface area (Å²) in [7, 11) is 0. The third kappa shape index (κ3) is 2.28. The molecular weight excluding hydrogens is 284 g/mol. The maximum atomic E-state index is 4.72. The van der Waals surface area contributed by atoms with Gasteiger partial charge in [-0.2, -0.15) is 0 Å². The second-order valence-electron chi connectivity index (χ2n) is 5.39. The fourth-order valence-corrected chi connectivity index (χ4v) is 4.37. The molecule has 2 aromatic heterocycles. The lowest BCUT2D eigenvalue weighted by Gasteiger charge is -2.16. The average Bonchev–Trinajstić information content (AvgIpc) is 3.02. The molecule has 4 heteroatoms. The lowest BCUT2D eigenvalue weighted by Crippen LogP contribution is -2.24. The molecule has 102 valence electrons. The molecule has 1 aromatic carbocycles. The van der Waals surface area contributed by atoms with E-state index < -0.39 is 0 Å². The Labute approximate surface area is 126 Å². The van der Waals surface area contributed by atoms with Crippen LogP contribution in [0.25, 0.3) is 10.1 Å². The Morgan fingerprint density at radius 2 is 2.05 bits per heavy atom. The van der Waals surface area contributed by atoms with Crippen molar-refractivity contribution in [3.05, 3.63) is 51.3 Å². The van der Waals surface area contributed by atoms with Crippen LogP contribution in [0.1, 0.15) is 35.1 Å². The van der Waals surface area contributed by atoms with E-state index in [1.807, 2.05) is 11.3 Å². The van der Waals surface area contributed by atoms with Gasteiger partial charge < -0.3 is 5.32 Å². The number of benzene rings is 1. The van der Waals surface area contributed by atoms with Gasteiger partial charge in [-0.05, 0) is 42.2 Å². The molecule has 4 rings (SSSR count). The quantitative estimate of drug-likeness (QED) is 0.767. The molecule has 1 N–H and O–H groups in total. The SMILES string of the molecule is Cc1csc(C(NC2CC2)c2csc3ccccc23)n1. The van der Waals surface area contributed by atoms with Gasteiger partial charge in [0.15, 0.2) is 0 Å². The van der Waals surface area contributed by atoms with Crippen molar-refractivity contribution in [3.63, 3.8) is 0 Å². The Hall–Kier alpha value is -1.23. The van der Waals surface area contributed by atoms with E-state index in [4.69, 9.17) is 4.98 Å². The fraction of sp³-hybridized carbons (Fsp3) is 0.312. The maximum absolute atomic E-state index is 4.72. The maximum Gasteiger partial charge on any atom is 0.114 e. The van der Waals surface area contributed by atoms with Crippen molar-refractivity contribution in [1.29, 1.82) is 0 Å². The number of hydrogen-bond acceptors (Lipinski definition) is 4. The first-order valence-electron chi connectivity index (χ1n) is 6.95. The van der Waals surface area contributed by atoms with Crippen molar-refractivity contribution in [2.75, 3.05) is 0 Å². The first kappa shape index (κ1) is 12.5. The van der Waals surface area contributed by atoms with E-state index in [0.717, 1.165) is 5.69 Å². The van der Waals surface area contributed by atoms with Crippen LogP contribution in [0.5, 0.6) is 0 Å². The van der Waals surface area contributed by atoms with Crippen molar-refractivity contribution < 1.29 is 0 Å². The second-order valence-corrected chi connectivity index (χ2v) is 7.19. The van der Waals surface area contributed by atoms with Crippen LogP contribution in [0.15, 0.2) is 35.0 Å². The van der Waals surface area contributed by atoms with Crippen LogP contribution in [0.4, 0.5) is 0 Å². The molecule has 0 saturated heterocycles. The number of thiazole rings is 1. The van der Waals surface area contributed by atoms with Crippen molar-refractivity contribution >= 4 is 32.8 Å². The highest BCUT2D eigenvalue weighted by Crippen LogP contribution is 2.36. The zero-order valence-electron chi connectivity index (χ0n) is 11.3. The molecule has 1 saturated carbocycles. The first-order chi connectivity index (χ1) is 9.81. The second kappa shape index (κ2) is 4.95. The summed E-state index contributed by atoms with van der Waals surface area (Å²) >= 11 is 3.59. The molecular formula is C16H16N2S2. The number of hydrogen-bond donors (Lipinski definition) is 1. The Morgan fingerprint density at radius 3 is 2.80 bits per heavy atom. The highest BCUT2D eigenvalue weighted by atomic mass is 32.1. The van der Waals surface area contributed by atoms with Gasteiger partial charge in [-0.25, -0.2) is 4.98 Å². The van der Waals surface area contributed by atoms with Crippen LogP contribution in [0.2, 0.25) is 0 Å². The van der Waals surface area contributed by atoms with Gasteiger partial charge in [-0.3, -0.25) is 0 Å². The van der Waals surface area contributed by atoms with Crippen LogP contribution in [0.3, 0.4) is 0 Å². The molecule has 1 aliphatic rings. The minimum Gasteiger partial charge on any atom is -0.301 e. The molecule has 0 bridgehead atoms. The molecule has 1 fully saturated rings. The van der Waals surface area contributed by atoms with Crippen LogP contribution >= 0.6 is 22.7 Å². The van der Waals surface area contributed by atoms with E-state index >= 15 is 0 Å². The number of thiophene rings is 1. The molecule has 2 nitrogen and oxygen atoms in total. The van der Waals surface area contributed by atoms with Gasteiger partial charge >= 0.3 is 0 Å². The van der Waals surface area contributed by atoms with Gasteiger partial charge in [0.2, 0.25) is 0 Å². The third-order valence-corrected chi connectivity index (χ3v) is 5.69. The standard InChI is InChI=1S/C16H16N2S2/c1-10-8-20-16(17-10)15(18-11-6-7-11)13-9-19-14-5-3-2-4-12(13)14/h2-5,8-9,11,15,18H,6-7H2,1H3. The predicted molar refractivity (Wildman–Crippen MR) is 86.7 cm³/mol. The number of nitrogens with zero attached hydrogens (tertiary/aromatic N) is 1. The Kier molecular flexibility index (Phi) is 3.10. The van der Waals surface area contributed by atoms with E-state index in [0.29, 0.717) is 6.04 Å².